The molecule has 1 aromatic heterocycles. The molecule has 0 saturated carbocycles. The van der Waals surface area contributed by atoms with Crippen molar-refractivity contribution >= 4 is 5.95 Å². The van der Waals surface area contributed by atoms with Crippen molar-refractivity contribution in [3.05, 3.63) is 12.3 Å². The number of hydrogen-bond donors (Lipinski definition) is 1. The van der Waals surface area contributed by atoms with Crippen LogP contribution >= 0.6 is 0 Å². The average Bonchev–Trinajstić information content (AvgIpc) is 2.39. The van der Waals surface area contributed by atoms with Crippen LogP contribution in [0.2, 0.25) is 0 Å². The molecular weight excluding hydrogens is 216 g/mol. The maximum atomic E-state index is 6.09. The van der Waals surface area contributed by atoms with Crippen molar-refractivity contribution in [3.8, 4) is 5.88 Å². The molecule has 5 nitrogen and oxygen atoms in total. The molecular formula is C12H20N4O. The molecule has 1 aromatic rings. The summed E-state index contributed by atoms with van der Waals surface area (Å²) < 4.78 is 5.12. The second kappa shape index (κ2) is 5.31. The molecule has 2 atom stereocenters. The summed E-state index contributed by atoms with van der Waals surface area (Å²) in [5.41, 5.74) is 6.09. The normalized spacial score (nSPS) is 24.8. The molecule has 0 aromatic carbocycles. The van der Waals surface area contributed by atoms with Crippen molar-refractivity contribution in [2.75, 3.05) is 25.1 Å². The van der Waals surface area contributed by atoms with E-state index in [-0.39, 0.29) is 0 Å². The molecule has 0 aliphatic carbocycles. The topological polar surface area (TPSA) is 64.3 Å². The first-order chi connectivity index (χ1) is 8.24. The monoisotopic (exact) mass is 236 g/mol. The highest BCUT2D eigenvalue weighted by atomic mass is 16.5. The van der Waals surface area contributed by atoms with Crippen LogP contribution in [0.25, 0.3) is 0 Å². The summed E-state index contributed by atoms with van der Waals surface area (Å²) in [7, 11) is 1.62. The van der Waals surface area contributed by atoms with Gasteiger partial charge in [-0.05, 0) is 12.3 Å². The number of hydrogen-bond acceptors (Lipinski definition) is 5. The van der Waals surface area contributed by atoms with E-state index in [2.05, 4.69) is 21.8 Å². The quantitative estimate of drug-likeness (QED) is 0.849. The predicted molar refractivity (Wildman–Crippen MR) is 67.2 cm³/mol. The van der Waals surface area contributed by atoms with Gasteiger partial charge >= 0.3 is 0 Å². The highest BCUT2D eigenvalue weighted by molar-refractivity contribution is 5.33. The summed E-state index contributed by atoms with van der Waals surface area (Å²) in [5.74, 6) is 1.88. The minimum absolute atomic E-state index is 0.307. The Labute approximate surface area is 102 Å². The SMILES string of the molecule is CCC1CN(c2nccc(OC)n2)CCC1N. The first-order valence-corrected chi connectivity index (χ1v) is 6.12. The second-order valence-corrected chi connectivity index (χ2v) is 4.47. The zero-order valence-corrected chi connectivity index (χ0v) is 10.5. The van der Waals surface area contributed by atoms with Crippen LogP contribution in [0.15, 0.2) is 12.3 Å². The molecule has 1 fully saturated rings. The summed E-state index contributed by atoms with van der Waals surface area (Å²) in [6.45, 7) is 4.04. The van der Waals surface area contributed by atoms with Crippen molar-refractivity contribution in [1.29, 1.82) is 0 Å². The van der Waals surface area contributed by atoms with Gasteiger partial charge in [0.25, 0.3) is 0 Å². The predicted octanol–water partition coefficient (Wildman–Crippen LogP) is 1.05. The molecule has 0 radical (unpaired) electrons. The Bertz CT molecular complexity index is 371. The van der Waals surface area contributed by atoms with Gasteiger partial charge in [-0.15, -0.1) is 0 Å². The molecule has 1 saturated heterocycles. The minimum atomic E-state index is 0.307. The lowest BCUT2D eigenvalue weighted by atomic mass is 9.91. The van der Waals surface area contributed by atoms with Crippen LogP contribution in [0.3, 0.4) is 0 Å². The Kier molecular flexibility index (Phi) is 3.78. The summed E-state index contributed by atoms with van der Waals surface area (Å²) in [6.07, 6.45) is 3.83. The van der Waals surface area contributed by atoms with E-state index in [0.29, 0.717) is 17.8 Å². The third-order valence-electron chi connectivity index (χ3n) is 3.43. The van der Waals surface area contributed by atoms with Gasteiger partial charge in [-0.1, -0.05) is 13.3 Å². The van der Waals surface area contributed by atoms with Gasteiger partial charge in [0.15, 0.2) is 0 Å². The van der Waals surface area contributed by atoms with Crippen molar-refractivity contribution in [1.82, 2.24) is 9.97 Å². The second-order valence-electron chi connectivity index (χ2n) is 4.47. The maximum absolute atomic E-state index is 6.09. The van der Waals surface area contributed by atoms with Crippen molar-refractivity contribution in [3.63, 3.8) is 0 Å². The number of piperidine rings is 1. The number of nitrogens with two attached hydrogens (primary N) is 1. The molecule has 2 unspecified atom stereocenters. The average molecular weight is 236 g/mol. The van der Waals surface area contributed by atoms with Crippen LogP contribution in [-0.2, 0) is 0 Å². The smallest absolute Gasteiger partial charge is 0.228 e. The Balaban J connectivity index is 2.11. The Morgan fingerprint density at radius 2 is 2.41 bits per heavy atom. The Morgan fingerprint density at radius 3 is 3.12 bits per heavy atom. The number of rotatable bonds is 3. The Morgan fingerprint density at radius 1 is 1.59 bits per heavy atom. The van der Waals surface area contributed by atoms with E-state index in [1.54, 1.807) is 19.4 Å². The van der Waals surface area contributed by atoms with Crippen LogP contribution in [0, 0.1) is 5.92 Å². The van der Waals surface area contributed by atoms with Gasteiger partial charge in [0, 0.05) is 31.4 Å². The molecule has 0 bridgehead atoms. The number of ether oxygens (including phenoxy) is 1. The fourth-order valence-corrected chi connectivity index (χ4v) is 2.26. The number of methoxy groups -OCH3 is 1. The molecule has 2 N–H and O–H groups in total. The van der Waals surface area contributed by atoms with Crippen LogP contribution in [0.4, 0.5) is 5.95 Å². The number of anilines is 1. The van der Waals surface area contributed by atoms with E-state index in [1.807, 2.05) is 0 Å². The van der Waals surface area contributed by atoms with Crippen molar-refractivity contribution in [2.24, 2.45) is 11.7 Å². The summed E-state index contributed by atoms with van der Waals surface area (Å²) in [6, 6.07) is 2.07. The third-order valence-corrected chi connectivity index (χ3v) is 3.43. The zero-order chi connectivity index (χ0) is 12.3. The third kappa shape index (κ3) is 2.66. The molecule has 2 heterocycles. The fraction of sp³-hybridized carbons (Fsp3) is 0.667. The number of aromatic nitrogens is 2. The minimum Gasteiger partial charge on any atom is -0.481 e. The first-order valence-electron chi connectivity index (χ1n) is 6.12. The highest BCUT2D eigenvalue weighted by Crippen LogP contribution is 2.22. The standard InChI is InChI=1S/C12H20N4O/c1-3-9-8-16(7-5-10(9)13)12-14-6-4-11(15-12)17-2/h4,6,9-10H,3,5,7-8,13H2,1-2H3. The fourth-order valence-electron chi connectivity index (χ4n) is 2.26. The first kappa shape index (κ1) is 12.1. The van der Waals surface area contributed by atoms with E-state index >= 15 is 0 Å². The van der Waals surface area contributed by atoms with Gasteiger partial charge in [0.2, 0.25) is 11.8 Å². The largest absolute Gasteiger partial charge is 0.481 e. The summed E-state index contributed by atoms with van der Waals surface area (Å²) in [5, 5.41) is 0. The lowest BCUT2D eigenvalue weighted by Gasteiger charge is -2.36. The van der Waals surface area contributed by atoms with Gasteiger partial charge in [0.1, 0.15) is 0 Å². The lowest BCUT2D eigenvalue weighted by molar-refractivity contribution is 0.343. The van der Waals surface area contributed by atoms with Gasteiger partial charge in [-0.3, -0.25) is 0 Å². The van der Waals surface area contributed by atoms with Gasteiger partial charge in [-0.2, -0.15) is 4.98 Å². The molecule has 0 amide bonds. The molecule has 1 aliphatic rings. The molecule has 17 heavy (non-hydrogen) atoms. The number of nitrogens with zero attached hydrogens (tertiary/aromatic N) is 3. The van der Waals surface area contributed by atoms with Gasteiger partial charge in [-0.25, -0.2) is 4.98 Å². The summed E-state index contributed by atoms with van der Waals surface area (Å²) in [4.78, 5) is 10.9. The molecule has 5 heteroatoms. The van der Waals surface area contributed by atoms with E-state index < -0.39 is 0 Å². The van der Waals surface area contributed by atoms with Crippen LogP contribution < -0.4 is 15.4 Å². The van der Waals surface area contributed by atoms with E-state index in [9.17, 15) is 0 Å². The van der Waals surface area contributed by atoms with Crippen LogP contribution in [0.5, 0.6) is 5.88 Å². The molecule has 0 spiro atoms. The Hall–Kier alpha value is -1.36. The highest BCUT2D eigenvalue weighted by Gasteiger charge is 2.26. The molecule has 94 valence electrons. The van der Waals surface area contributed by atoms with Crippen molar-refractivity contribution < 1.29 is 4.74 Å². The molecule has 2 rings (SSSR count). The lowest BCUT2D eigenvalue weighted by Crippen LogP contribution is -2.47. The van der Waals surface area contributed by atoms with Gasteiger partial charge < -0.3 is 15.4 Å². The van der Waals surface area contributed by atoms with Crippen LogP contribution in [-0.4, -0.2) is 36.2 Å². The zero-order valence-electron chi connectivity index (χ0n) is 10.5. The molecule has 1 aliphatic heterocycles. The van der Waals surface area contributed by atoms with Crippen molar-refractivity contribution in [2.45, 2.75) is 25.8 Å². The van der Waals surface area contributed by atoms with E-state index in [0.717, 1.165) is 31.9 Å². The maximum Gasteiger partial charge on any atom is 0.228 e. The van der Waals surface area contributed by atoms with E-state index in [1.165, 1.54) is 0 Å². The summed E-state index contributed by atoms with van der Waals surface area (Å²) >= 11 is 0. The van der Waals surface area contributed by atoms with Crippen LogP contribution in [0.1, 0.15) is 19.8 Å². The van der Waals surface area contributed by atoms with Gasteiger partial charge in [0.05, 0.1) is 7.11 Å². The van der Waals surface area contributed by atoms with E-state index in [4.69, 9.17) is 10.5 Å².